The Bertz CT molecular complexity index is 700. The summed E-state index contributed by atoms with van der Waals surface area (Å²) in [5, 5.41) is 11.2. The van der Waals surface area contributed by atoms with Gasteiger partial charge in [-0.3, -0.25) is 10.1 Å². The van der Waals surface area contributed by atoms with Crippen molar-refractivity contribution in [2.45, 2.75) is 38.1 Å². The lowest BCUT2D eigenvalue weighted by atomic mass is 10.1. The Balaban J connectivity index is 2.64. The second kappa shape index (κ2) is 5.36. The van der Waals surface area contributed by atoms with Crippen LogP contribution in [0.25, 0.3) is 0 Å². The number of rotatable bonds is 3. The number of nitro groups is 1. The summed E-state index contributed by atoms with van der Waals surface area (Å²) in [6.07, 6.45) is 0.602. The van der Waals surface area contributed by atoms with Crippen molar-refractivity contribution in [1.29, 1.82) is 0 Å². The van der Waals surface area contributed by atoms with E-state index in [-0.39, 0.29) is 28.7 Å². The number of hydrogen-bond donors (Lipinski definition) is 1. The van der Waals surface area contributed by atoms with E-state index in [1.54, 1.807) is 19.9 Å². The van der Waals surface area contributed by atoms with E-state index in [0.717, 1.165) is 0 Å². The zero-order valence-electron chi connectivity index (χ0n) is 12.3. The maximum Gasteiger partial charge on any atom is 0.276 e. The number of benzene rings is 1. The molecule has 1 saturated heterocycles. The molecule has 116 valence electrons. The van der Waals surface area contributed by atoms with Gasteiger partial charge in [-0.1, -0.05) is 0 Å². The molecular formula is C13H19N3O4S. The SMILES string of the molecule is Cc1cc(C)c(S(=O)(=O)N2CC[C@H](N)C2)c(C)c1[N+](=O)[O-]. The molecule has 0 unspecified atom stereocenters. The van der Waals surface area contributed by atoms with Gasteiger partial charge in [-0.2, -0.15) is 4.31 Å². The van der Waals surface area contributed by atoms with Crippen LogP contribution in [-0.4, -0.2) is 36.8 Å². The molecule has 0 amide bonds. The molecule has 1 aliphatic heterocycles. The average Bonchev–Trinajstić information content (AvgIpc) is 2.74. The molecule has 1 aromatic rings. The molecule has 1 atom stereocenters. The van der Waals surface area contributed by atoms with Crippen molar-refractivity contribution < 1.29 is 13.3 Å². The maximum atomic E-state index is 12.8. The number of aryl methyl sites for hydroxylation is 2. The van der Waals surface area contributed by atoms with Crippen LogP contribution in [0, 0.1) is 30.9 Å². The van der Waals surface area contributed by atoms with Crippen molar-refractivity contribution in [1.82, 2.24) is 4.31 Å². The van der Waals surface area contributed by atoms with Crippen molar-refractivity contribution in [3.05, 3.63) is 32.9 Å². The van der Waals surface area contributed by atoms with Gasteiger partial charge in [0.05, 0.1) is 9.82 Å². The first kappa shape index (κ1) is 15.9. The fourth-order valence-corrected chi connectivity index (χ4v) is 4.88. The Kier molecular flexibility index (Phi) is 4.05. The van der Waals surface area contributed by atoms with Crippen LogP contribution in [0.3, 0.4) is 0 Å². The van der Waals surface area contributed by atoms with Gasteiger partial charge < -0.3 is 5.73 Å². The number of nitro benzene ring substituents is 1. The van der Waals surface area contributed by atoms with E-state index in [1.807, 2.05) is 0 Å². The van der Waals surface area contributed by atoms with Crippen LogP contribution in [-0.2, 0) is 10.0 Å². The second-order valence-electron chi connectivity index (χ2n) is 5.48. The standard InChI is InChI=1S/C13H19N3O4S/c1-8-6-9(2)13(10(3)12(8)16(17)18)21(19,20)15-5-4-11(14)7-15/h6,11H,4-5,7,14H2,1-3H3/t11-/m0/s1. The predicted octanol–water partition coefficient (Wildman–Crippen LogP) is 1.24. The van der Waals surface area contributed by atoms with Gasteiger partial charge in [0.1, 0.15) is 0 Å². The van der Waals surface area contributed by atoms with Crippen LogP contribution in [0.5, 0.6) is 0 Å². The highest BCUT2D eigenvalue weighted by molar-refractivity contribution is 7.89. The van der Waals surface area contributed by atoms with E-state index in [1.165, 1.54) is 11.2 Å². The minimum Gasteiger partial charge on any atom is -0.326 e. The molecule has 1 heterocycles. The lowest BCUT2D eigenvalue weighted by Gasteiger charge is -2.19. The van der Waals surface area contributed by atoms with Gasteiger partial charge >= 0.3 is 0 Å². The maximum absolute atomic E-state index is 12.8. The molecule has 0 radical (unpaired) electrons. The molecule has 8 heteroatoms. The predicted molar refractivity (Wildman–Crippen MR) is 78.7 cm³/mol. The zero-order chi connectivity index (χ0) is 15.9. The van der Waals surface area contributed by atoms with Crippen LogP contribution in [0.1, 0.15) is 23.1 Å². The molecule has 0 bridgehead atoms. The lowest BCUT2D eigenvalue weighted by molar-refractivity contribution is -0.386. The molecule has 1 aromatic carbocycles. The summed E-state index contributed by atoms with van der Waals surface area (Å²) in [5.74, 6) is 0. The summed E-state index contributed by atoms with van der Waals surface area (Å²) in [5.41, 5.74) is 6.81. The van der Waals surface area contributed by atoms with Gasteiger partial charge in [-0.25, -0.2) is 8.42 Å². The summed E-state index contributed by atoms with van der Waals surface area (Å²) < 4.78 is 26.8. The first-order valence-electron chi connectivity index (χ1n) is 6.67. The van der Waals surface area contributed by atoms with Crippen LogP contribution < -0.4 is 5.73 Å². The van der Waals surface area contributed by atoms with Crippen molar-refractivity contribution in [2.75, 3.05) is 13.1 Å². The molecule has 1 aliphatic rings. The molecule has 2 N–H and O–H groups in total. The number of sulfonamides is 1. The molecule has 0 spiro atoms. The quantitative estimate of drug-likeness (QED) is 0.667. The van der Waals surface area contributed by atoms with E-state index in [2.05, 4.69) is 0 Å². The smallest absolute Gasteiger partial charge is 0.276 e. The lowest BCUT2D eigenvalue weighted by Crippen LogP contribution is -2.33. The molecule has 7 nitrogen and oxygen atoms in total. The van der Waals surface area contributed by atoms with Gasteiger partial charge in [0.25, 0.3) is 5.69 Å². The van der Waals surface area contributed by atoms with Crippen LogP contribution in [0.4, 0.5) is 5.69 Å². The Morgan fingerprint density at radius 1 is 1.33 bits per heavy atom. The topological polar surface area (TPSA) is 107 Å². The van der Waals surface area contributed by atoms with Crippen LogP contribution in [0.15, 0.2) is 11.0 Å². The van der Waals surface area contributed by atoms with Gasteiger partial charge in [0.15, 0.2) is 0 Å². The van der Waals surface area contributed by atoms with Gasteiger partial charge in [-0.15, -0.1) is 0 Å². The van der Waals surface area contributed by atoms with E-state index < -0.39 is 14.9 Å². The zero-order valence-corrected chi connectivity index (χ0v) is 13.1. The van der Waals surface area contributed by atoms with E-state index in [9.17, 15) is 18.5 Å². The third-order valence-electron chi connectivity index (χ3n) is 3.83. The Morgan fingerprint density at radius 3 is 2.43 bits per heavy atom. The minimum absolute atomic E-state index is 0.0360. The number of nitrogens with two attached hydrogens (primary N) is 1. The van der Waals surface area contributed by atoms with Crippen LogP contribution in [0.2, 0.25) is 0 Å². The highest BCUT2D eigenvalue weighted by atomic mass is 32.2. The largest absolute Gasteiger partial charge is 0.326 e. The Labute approximate surface area is 123 Å². The highest BCUT2D eigenvalue weighted by Crippen LogP contribution is 2.34. The van der Waals surface area contributed by atoms with Crippen molar-refractivity contribution in [2.24, 2.45) is 5.73 Å². The molecule has 0 aromatic heterocycles. The number of hydrogen-bond acceptors (Lipinski definition) is 5. The van der Waals surface area contributed by atoms with Crippen molar-refractivity contribution in [3.63, 3.8) is 0 Å². The summed E-state index contributed by atoms with van der Waals surface area (Å²) in [7, 11) is -3.76. The monoisotopic (exact) mass is 313 g/mol. The summed E-state index contributed by atoms with van der Waals surface area (Å²) >= 11 is 0. The minimum atomic E-state index is -3.76. The molecule has 1 fully saturated rings. The fourth-order valence-electron chi connectivity index (χ4n) is 2.94. The van der Waals surface area contributed by atoms with Gasteiger partial charge in [0, 0.05) is 30.3 Å². The Hall–Kier alpha value is -1.51. The fraction of sp³-hybridized carbons (Fsp3) is 0.538. The first-order valence-corrected chi connectivity index (χ1v) is 8.11. The number of nitrogens with zero attached hydrogens (tertiary/aromatic N) is 2. The van der Waals surface area contributed by atoms with E-state index >= 15 is 0 Å². The third kappa shape index (κ3) is 2.66. The van der Waals surface area contributed by atoms with Gasteiger partial charge in [0.2, 0.25) is 10.0 Å². The summed E-state index contributed by atoms with van der Waals surface area (Å²) in [6.45, 7) is 5.36. The molecule has 0 saturated carbocycles. The average molecular weight is 313 g/mol. The Morgan fingerprint density at radius 2 is 1.95 bits per heavy atom. The molecule has 21 heavy (non-hydrogen) atoms. The third-order valence-corrected chi connectivity index (χ3v) is 5.98. The normalized spacial score (nSPS) is 19.9. The van der Waals surface area contributed by atoms with E-state index in [4.69, 9.17) is 5.73 Å². The summed E-state index contributed by atoms with van der Waals surface area (Å²) in [4.78, 5) is 10.7. The first-order chi connectivity index (χ1) is 9.66. The van der Waals surface area contributed by atoms with E-state index in [0.29, 0.717) is 24.1 Å². The molecule has 2 rings (SSSR count). The van der Waals surface area contributed by atoms with Crippen molar-refractivity contribution >= 4 is 15.7 Å². The highest BCUT2D eigenvalue weighted by Gasteiger charge is 2.35. The molecular weight excluding hydrogens is 294 g/mol. The second-order valence-corrected chi connectivity index (χ2v) is 7.36. The van der Waals surface area contributed by atoms with Crippen molar-refractivity contribution in [3.8, 4) is 0 Å². The van der Waals surface area contributed by atoms with Gasteiger partial charge in [-0.05, 0) is 38.8 Å². The summed E-state index contributed by atoms with van der Waals surface area (Å²) in [6, 6.07) is 1.37. The molecule has 0 aliphatic carbocycles. The van der Waals surface area contributed by atoms with Crippen LogP contribution >= 0.6 is 0 Å².